The van der Waals surface area contributed by atoms with Crippen molar-refractivity contribution in [1.82, 2.24) is 0 Å². The minimum Gasteiger partial charge on any atom is -0.461 e. The second-order valence-corrected chi connectivity index (χ2v) is 12.0. The summed E-state index contributed by atoms with van der Waals surface area (Å²) in [7, 11) is -4.60. The smallest absolute Gasteiger partial charge is 0.461 e. The van der Waals surface area contributed by atoms with Crippen molar-refractivity contribution in [1.29, 1.82) is 0 Å². The van der Waals surface area contributed by atoms with Crippen LogP contribution in [0.2, 0.25) is 0 Å². The van der Waals surface area contributed by atoms with Crippen molar-refractivity contribution in [3.63, 3.8) is 0 Å². The van der Waals surface area contributed by atoms with Crippen LogP contribution in [0, 0.1) is 23.2 Å². The van der Waals surface area contributed by atoms with E-state index in [4.69, 9.17) is 15.0 Å². The number of phosphoric ester groups is 1. The molecule has 2 saturated carbocycles. The van der Waals surface area contributed by atoms with Crippen LogP contribution in [0.1, 0.15) is 76.3 Å². The Morgan fingerprint density at radius 3 is 2.68 bits per heavy atom. The van der Waals surface area contributed by atoms with E-state index < -0.39 is 25.9 Å². The minimum absolute atomic E-state index is 0.123. The predicted molar refractivity (Wildman–Crippen MR) is 127 cm³/mol. The van der Waals surface area contributed by atoms with E-state index in [9.17, 15) is 24.3 Å². The first-order valence-electron chi connectivity index (χ1n) is 12.5. The number of rotatable bonds is 7. The predicted octanol–water partition coefficient (Wildman–Crippen LogP) is 3.66. The molecule has 0 spiro atoms. The topological polar surface area (TPSA) is 139 Å². The maximum atomic E-state index is 12.5. The average molecular weight is 496 g/mol. The van der Waals surface area contributed by atoms with Gasteiger partial charge in [-0.25, -0.2) is 4.57 Å². The number of fused-ring (bicyclic) bond motifs is 5. The summed E-state index contributed by atoms with van der Waals surface area (Å²) in [6, 6.07) is 4.42. The van der Waals surface area contributed by atoms with E-state index in [-0.39, 0.29) is 17.3 Å². The third kappa shape index (κ3) is 4.80. The van der Waals surface area contributed by atoms with E-state index in [0.717, 1.165) is 50.5 Å². The first-order valence-corrected chi connectivity index (χ1v) is 14.0. The molecule has 0 radical (unpaired) electrons. The van der Waals surface area contributed by atoms with Gasteiger partial charge < -0.3 is 20.1 Å². The van der Waals surface area contributed by atoms with E-state index in [1.165, 1.54) is 12.5 Å². The molecule has 1 aromatic rings. The number of hydrogen-bond donors (Lipinski definition) is 4. The maximum absolute atomic E-state index is 12.5. The number of ether oxygens (including phenoxy) is 1. The normalized spacial score (nSPS) is 34.4. The van der Waals surface area contributed by atoms with Gasteiger partial charge in [-0.2, -0.15) is 0 Å². The zero-order valence-corrected chi connectivity index (χ0v) is 21.1. The Kier molecular flexibility index (Phi) is 7.20. The number of nitrogens with two attached hydrogens (primary N) is 1. The zero-order chi connectivity index (χ0) is 24.8. The number of hydrogen-bond acceptors (Lipinski definition) is 6. The maximum Gasteiger partial charge on any atom is 0.524 e. The van der Waals surface area contributed by atoms with E-state index in [1.54, 1.807) is 12.1 Å². The lowest BCUT2D eigenvalue weighted by Crippen LogP contribution is -2.50. The molecule has 5 N–H and O–H groups in total. The average Bonchev–Trinajstić information content (AvgIpc) is 3.07. The molecule has 0 saturated heterocycles. The van der Waals surface area contributed by atoms with Gasteiger partial charge in [0.1, 0.15) is 17.9 Å². The lowest BCUT2D eigenvalue weighted by molar-refractivity contribution is -0.162. The first kappa shape index (κ1) is 25.6. The van der Waals surface area contributed by atoms with Gasteiger partial charge in [-0.3, -0.25) is 14.6 Å². The number of phosphoric acid groups is 1. The number of carbonyl (C=O) groups excluding carboxylic acids is 1. The lowest BCUT2D eigenvalue weighted by atomic mass is 9.52. The standard InChI is InChI=1S/C25H38NO7P/c1-4-5-15-12-16-13-17(33-34(29,30)31)6-7-18(16)19-10-11-25(3)20(22(15)19)8-9-21(25)32-24(28)23(26)14(2)27/h6-7,13-15,19-23,27H,4-5,8-12,26H2,1-3H3,(H2,29,30,31)/t14-,15+,19+,20-,21-,22+,23-,25-/m0/s1. The summed E-state index contributed by atoms with van der Waals surface area (Å²) in [5, 5.41) is 9.71. The zero-order valence-electron chi connectivity index (χ0n) is 20.2. The first-order chi connectivity index (χ1) is 15.9. The molecule has 9 heteroatoms. The van der Waals surface area contributed by atoms with E-state index in [2.05, 4.69) is 13.8 Å². The van der Waals surface area contributed by atoms with Gasteiger partial charge in [0.2, 0.25) is 0 Å². The highest BCUT2D eigenvalue weighted by molar-refractivity contribution is 7.46. The van der Waals surface area contributed by atoms with E-state index >= 15 is 0 Å². The van der Waals surface area contributed by atoms with Crippen molar-refractivity contribution in [2.24, 2.45) is 28.9 Å². The largest absolute Gasteiger partial charge is 0.524 e. The highest BCUT2D eigenvalue weighted by atomic mass is 31.2. The van der Waals surface area contributed by atoms with Crippen LogP contribution in [0.25, 0.3) is 0 Å². The summed E-state index contributed by atoms with van der Waals surface area (Å²) in [6.07, 6.45) is 5.56. The molecule has 0 aliphatic heterocycles. The SMILES string of the molecule is CCC[C@@H]1Cc2cc(OP(=O)(O)O)ccc2[C@H]2CC[C@]3(C)[C@@H](OC(=O)[C@@H](N)[C@H](C)O)CC[C@H]3[C@H]12. The van der Waals surface area contributed by atoms with Gasteiger partial charge in [-0.15, -0.1) is 0 Å². The van der Waals surface area contributed by atoms with Crippen molar-refractivity contribution < 1.29 is 33.5 Å². The molecule has 4 rings (SSSR count). The molecule has 2 fully saturated rings. The highest BCUT2D eigenvalue weighted by Crippen LogP contribution is 2.63. The Morgan fingerprint density at radius 2 is 2.03 bits per heavy atom. The Labute approximate surface area is 201 Å². The fraction of sp³-hybridized carbons (Fsp3) is 0.720. The Hall–Kier alpha value is -1.44. The fourth-order valence-electron chi connectivity index (χ4n) is 7.17. The van der Waals surface area contributed by atoms with Gasteiger partial charge in [0.05, 0.1) is 6.10 Å². The summed E-state index contributed by atoms with van der Waals surface area (Å²) < 4.78 is 22.1. The van der Waals surface area contributed by atoms with Crippen LogP contribution in [0.3, 0.4) is 0 Å². The third-order valence-electron chi connectivity index (χ3n) is 8.72. The Balaban J connectivity index is 1.61. The Bertz CT molecular complexity index is 963. The van der Waals surface area contributed by atoms with Crippen LogP contribution in [0.15, 0.2) is 18.2 Å². The molecule has 0 amide bonds. The van der Waals surface area contributed by atoms with Gasteiger partial charge in [0, 0.05) is 5.41 Å². The summed E-state index contributed by atoms with van der Waals surface area (Å²) in [5.41, 5.74) is 8.10. The number of aliphatic hydroxyl groups is 1. The van der Waals surface area contributed by atoms with Crippen molar-refractivity contribution >= 4 is 13.8 Å². The second kappa shape index (κ2) is 9.55. The minimum atomic E-state index is -4.60. The van der Waals surface area contributed by atoms with Crippen LogP contribution in [-0.2, 0) is 20.5 Å². The van der Waals surface area contributed by atoms with Crippen LogP contribution in [-0.4, -0.2) is 39.1 Å². The summed E-state index contributed by atoms with van der Waals surface area (Å²) in [5.74, 6) is 1.39. The Morgan fingerprint density at radius 1 is 1.29 bits per heavy atom. The van der Waals surface area contributed by atoms with Crippen molar-refractivity contribution in [2.45, 2.75) is 89.9 Å². The number of benzene rings is 1. The lowest BCUT2D eigenvalue weighted by Gasteiger charge is -2.53. The molecule has 0 heterocycles. The third-order valence-corrected chi connectivity index (χ3v) is 9.17. The summed E-state index contributed by atoms with van der Waals surface area (Å²) >= 11 is 0. The molecule has 0 bridgehead atoms. The molecular weight excluding hydrogens is 457 g/mol. The van der Waals surface area contributed by atoms with Gasteiger partial charge in [0.25, 0.3) is 0 Å². The molecular formula is C25H38NO7P. The number of carbonyl (C=O) groups is 1. The van der Waals surface area contributed by atoms with Gasteiger partial charge in [0.15, 0.2) is 0 Å². The molecule has 8 atom stereocenters. The molecule has 8 nitrogen and oxygen atoms in total. The molecule has 3 aliphatic carbocycles. The van der Waals surface area contributed by atoms with Gasteiger partial charge >= 0.3 is 13.8 Å². The van der Waals surface area contributed by atoms with E-state index in [0.29, 0.717) is 23.7 Å². The second-order valence-electron chi connectivity index (χ2n) is 10.8. The van der Waals surface area contributed by atoms with Crippen molar-refractivity contribution in [3.8, 4) is 5.75 Å². The van der Waals surface area contributed by atoms with Crippen LogP contribution in [0.4, 0.5) is 0 Å². The molecule has 0 unspecified atom stereocenters. The number of aliphatic hydroxyl groups excluding tert-OH is 1. The molecule has 0 aromatic heterocycles. The summed E-state index contributed by atoms with van der Waals surface area (Å²) in [6.45, 7) is 5.94. The molecule has 1 aromatic carbocycles. The monoisotopic (exact) mass is 495 g/mol. The van der Waals surface area contributed by atoms with Gasteiger partial charge in [-0.1, -0.05) is 32.8 Å². The van der Waals surface area contributed by atoms with Gasteiger partial charge in [-0.05, 0) is 86.0 Å². The van der Waals surface area contributed by atoms with Crippen LogP contribution < -0.4 is 10.3 Å². The molecule has 190 valence electrons. The molecule has 34 heavy (non-hydrogen) atoms. The van der Waals surface area contributed by atoms with Crippen molar-refractivity contribution in [3.05, 3.63) is 29.3 Å². The van der Waals surface area contributed by atoms with E-state index in [1.807, 2.05) is 6.07 Å². The molecule has 3 aliphatic rings. The van der Waals surface area contributed by atoms with Crippen LogP contribution in [0.5, 0.6) is 5.75 Å². The highest BCUT2D eigenvalue weighted by Gasteiger charge is 2.58. The fourth-order valence-corrected chi connectivity index (χ4v) is 7.56. The van der Waals surface area contributed by atoms with Crippen LogP contribution >= 0.6 is 7.82 Å². The van der Waals surface area contributed by atoms with Crippen molar-refractivity contribution in [2.75, 3.05) is 0 Å². The number of esters is 1. The summed E-state index contributed by atoms with van der Waals surface area (Å²) in [4.78, 5) is 31.0. The quantitative estimate of drug-likeness (QED) is 0.332.